The van der Waals surface area contributed by atoms with Crippen LogP contribution in [-0.4, -0.2) is 79.6 Å². The third-order valence-electron chi connectivity index (χ3n) is 3.72. The summed E-state index contributed by atoms with van der Waals surface area (Å²) in [5.74, 6) is -4.62. The van der Waals surface area contributed by atoms with Gasteiger partial charge in [0.05, 0.1) is 0 Å². The van der Waals surface area contributed by atoms with E-state index in [4.69, 9.17) is 23.7 Å². The smallest absolute Gasteiger partial charge is 0.305 e. The SMILES string of the molecule is CC(=O)OCC(=O)N[C@@H]1C(OC(C)=O)[C@H](OC(C)=O)C(COC(C)=O)O[C@@H]1OC(C)=O. The van der Waals surface area contributed by atoms with Crippen molar-refractivity contribution >= 4 is 35.8 Å². The van der Waals surface area contributed by atoms with Gasteiger partial charge in [-0.15, -0.1) is 0 Å². The third-order valence-corrected chi connectivity index (χ3v) is 3.72. The van der Waals surface area contributed by atoms with Gasteiger partial charge in [0.1, 0.15) is 18.8 Å². The fourth-order valence-corrected chi connectivity index (χ4v) is 2.71. The van der Waals surface area contributed by atoms with E-state index in [1.54, 1.807) is 0 Å². The van der Waals surface area contributed by atoms with Crippen LogP contribution >= 0.6 is 0 Å². The number of carbonyl (C=O) groups is 6. The maximum Gasteiger partial charge on any atom is 0.305 e. The molecule has 0 bridgehead atoms. The first kappa shape index (κ1) is 25.8. The first-order chi connectivity index (χ1) is 14.4. The van der Waals surface area contributed by atoms with Crippen molar-refractivity contribution in [2.75, 3.05) is 13.2 Å². The van der Waals surface area contributed by atoms with Crippen LogP contribution in [0.3, 0.4) is 0 Å². The summed E-state index contributed by atoms with van der Waals surface area (Å²) in [4.78, 5) is 69.3. The van der Waals surface area contributed by atoms with Gasteiger partial charge in [0, 0.05) is 34.6 Å². The second-order valence-corrected chi connectivity index (χ2v) is 6.48. The Morgan fingerprint density at radius 1 is 0.710 bits per heavy atom. The Morgan fingerprint density at radius 3 is 1.71 bits per heavy atom. The van der Waals surface area contributed by atoms with Gasteiger partial charge in [0.25, 0.3) is 5.91 Å². The molecule has 13 heteroatoms. The van der Waals surface area contributed by atoms with Crippen molar-refractivity contribution in [3.8, 4) is 0 Å². The minimum Gasteiger partial charge on any atom is -0.463 e. The highest BCUT2D eigenvalue weighted by atomic mass is 16.7. The van der Waals surface area contributed by atoms with Crippen LogP contribution in [0.15, 0.2) is 0 Å². The molecule has 0 aromatic carbocycles. The molecule has 0 aromatic heterocycles. The van der Waals surface area contributed by atoms with Crippen molar-refractivity contribution in [2.24, 2.45) is 0 Å². The molecule has 1 aliphatic rings. The lowest BCUT2D eigenvalue weighted by Gasteiger charge is -2.44. The highest BCUT2D eigenvalue weighted by molar-refractivity contribution is 5.80. The van der Waals surface area contributed by atoms with Gasteiger partial charge in [0.15, 0.2) is 18.8 Å². The Bertz CT molecular complexity index is 720. The minimum absolute atomic E-state index is 0.434. The number of ether oxygens (including phenoxy) is 6. The summed E-state index contributed by atoms with van der Waals surface area (Å²) < 4.78 is 30.6. The zero-order valence-electron chi connectivity index (χ0n) is 17.7. The molecule has 31 heavy (non-hydrogen) atoms. The van der Waals surface area contributed by atoms with Gasteiger partial charge in [-0.05, 0) is 0 Å². The predicted molar refractivity (Wildman–Crippen MR) is 96.7 cm³/mol. The van der Waals surface area contributed by atoms with Crippen molar-refractivity contribution in [3.05, 3.63) is 0 Å². The molecule has 0 radical (unpaired) electrons. The summed E-state index contributed by atoms with van der Waals surface area (Å²) >= 11 is 0. The molecule has 174 valence electrons. The van der Waals surface area contributed by atoms with E-state index in [0.29, 0.717) is 0 Å². The van der Waals surface area contributed by atoms with Crippen LogP contribution in [0, 0.1) is 0 Å². The molecule has 0 spiro atoms. The summed E-state index contributed by atoms with van der Waals surface area (Å²) in [5, 5.41) is 2.38. The highest BCUT2D eigenvalue weighted by Crippen LogP contribution is 2.28. The lowest BCUT2D eigenvalue weighted by molar-refractivity contribution is -0.271. The average Bonchev–Trinajstić information content (AvgIpc) is 2.62. The van der Waals surface area contributed by atoms with Gasteiger partial charge in [-0.3, -0.25) is 28.8 Å². The van der Waals surface area contributed by atoms with Gasteiger partial charge >= 0.3 is 29.8 Å². The second-order valence-electron chi connectivity index (χ2n) is 6.48. The van der Waals surface area contributed by atoms with Gasteiger partial charge in [-0.25, -0.2) is 0 Å². The summed E-state index contributed by atoms with van der Waals surface area (Å²) in [6, 6.07) is -1.35. The third kappa shape index (κ3) is 8.99. The second kappa shape index (κ2) is 11.8. The van der Waals surface area contributed by atoms with E-state index in [0.717, 1.165) is 34.6 Å². The minimum atomic E-state index is -1.52. The van der Waals surface area contributed by atoms with Crippen molar-refractivity contribution < 1.29 is 57.2 Å². The van der Waals surface area contributed by atoms with Gasteiger partial charge < -0.3 is 33.7 Å². The van der Waals surface area contributed by atoms with Crippen LogP contribution in [0.25, 0.3) is 0 Å². The monoisotopic (exact) mass is 447 g/mol. The molecule has 1 aliphatic heterocycles. The predicted octanol–water partition coefficient (Wildman–Crippen LogP) is -1.25. The largest absolute Gasteiger partial charge is 0.463 e. The first-order valence-corrected chi connectivity index (χ1v) is 9.14. The number of rotatable bonds is 8. The quantitative estimate of drug-likeness (QED) is 0.347. The molecule has 1 amide bonds. The van der Waals surface area contributed by atoms with E-state index in [1.165, 1.54) is 0 Å². The number of nitrogens with one attached hydrogen (secondary N) is 1. The highest BCUT2D eigenvalue weighted by Gasteiger charge is 2.52. The normalized spacial score (nSPS) is 24.9. The Labute approximate surface area is 177 Å². The fraction of sp³-hybridized carbons (Fsp3) is 0.667. The van der Waals surface area contributed by atoms with E-state index < -0.39 is 79.6 Å². The molecule has 13 nitrogen and oxygen atoms in total. The van der Waals surface area contributed by atoms with Crippen LogP contribution in [0.1, 0.15) is 34.6 Å². The molecule has 5 atom stereocenters. The number of hydrogen-bond acceptors (Lipinski definition) is 12. The van der Waals surface area contributed by atoms with Crippen molar-refractivity contribution in [2.45, 2.75) is 65.3 Å². The van der Waals surface area contributed by atoms with E-state index in [2.05, 4.69) is 10.1 Å². The number of carbonyl (C=O) groups excluding carboxylic acids is 6. The maximum absolute atomic E-state index is 12.2. The van der Waals surface area contributed by atoms with E-state index in [1.807, 2.05) is 0 Å². The molecule has 1 heterocycles. The molecule has 0 aliphatic carbocycles. The van der Waals surface area contributed by atoms with Gasteiger partial charge in [-0.2, -0.15) is 0 Å². The standard InChI is InChI=1S/C18H25NO12/c1-8(20)26-6-13-16(28-10(3)22)17(29-11(4)23)15(18(31-13)30-12(5)24)19-14(25)7-27-9(2)21/h13,15-18H,6-7H2,1-5H3,(H,19,25)/t13?,15-,16-,17?,18+/m1/s1. The molecular formula is C18H25NO12. The molecule has 1 N–H and O–H groups in total. The Balaban J connectivity index is 3.29. The van der Waals surface area contributed by atoms with E-state index in [9.17, 15) is 28.8 Å². The zero-order valence-corrected chi connectivity index (χ0v) is 17.7. The molecule has 1 fully saturated rings. The lowest BCUT2D eigenvalue weighted by Crippen LogP contribution is -2.67. The van der Waals surface area contributed by atoms with Crippen LogP contribution in [0.4, 0.5) is 0 Å². The Kier molecular flexibility index (Phi) is 9.86. The van der Waals surface area contributed by atoms with E-state index in [-0.39, 0.29) is 0 Å². The zero-order chi connectivity index (χ0) is 23.7. The van der Waals surface area contributed by atoms with Gasteiger partial charge in [-0.1, -0.05) is 0 Å². The molecule has 0 aromatic rings. The van der Waals surface area contributed by atoms with Crippen molar-refractivity contribution in [1.29, 1.82) is 0 Å². The summed E-state index contributed by atoms with van der Waals surface area (Å²) in [6.45, 7) is 4.34. The van der Waals surface area contributed by atoms with Crippen LogP contribution < -0.4 is 5.32 Å². The summed E-state index contributed by atoms with van der Waals surface area (Å²) in [5.41, 5.74) is 0. The number of hydrogen-bond donors (Lipinski definition) is 1. The van der Waals surface area contributed by atoms with E-state index >= 15 is 0 Å². The Morgan fingerprint density at radius 2 is 1.23 bits per heavy atom. The summed E-state index contributed by atoms with van der Waals surface area (Å²) in [7, 11) is 0. The summed E-state index contributed by atoms with van der Waals surface area (Å²) in [6.07, 6.45) is -5.47. The molecule has 0 saturated carbocycles. The number of amides is 1. The fourth-order valence-electron chi connectivity index (χ4n) is 2.71. The average molecular weight is 447 g/mol. The van der Waals surface area contributed by atoms with Crippen molar-refractivity contribution in [3.63, 3.8) is 0 Å². The van der Waals surface area contributed by atoms with Gasteiger partial charge in [0.2, 0.25) is 6.29 Å². The van der Waals surface area contributed by atoms with Crippen molar-refractivity contribution in [1.82, 2.24) is 5.32 Å². The topological polar surface area (TPSA) is 170 Å². The first-order valence-electron chi connectivity index (χ1n) is 9.14. The Hall–Kier alpha value is -3.22. The number of esters is 5. The maximum atomic E-state index is 12.2. The molecule has 1 rings (SSSR count). The molecular weight excluding hydrogens is 422 g/mol. The molecule has 2 unspecified atom stereocenters. The van der Waals surface area contributed by atoms with Crippen LogP contribution in [0.5, 0.6) is 0 Å². The lowest BCUT2D eigenvalue weighted by atomic mass is 9.96. The molecule has 1 saturated heterocycles. The van der Waals surface area contributed by atoms with Crippen LogP contribution in [-0.2, 0) is 57.2 Å². The van der Waals surface area contributed by atoms with Crippen LogP contribution in [0.2, 0.25) is 0 Å².